The third-order valence-corrected chi connectivity index (χ3v) is 4.95. The maximum atomic E-state index is 13.1. The second-order valence-corrected chi connectivity index (χ2v) is 6.18. The number of thiocarbonyl (C=S) groups is 1. The van der Waals surface area contributed by atoms with Crippen LogP contribution in [0.3, 0.4) is 0 Å². The monoisotopic (exact) mass is 331 g/mol. The topological polar surface area (TPSA) is 47.3 Å². The number of para-hydroxylation sites is 1. The van der Waals surface area contributed by atoms with Crippen LogP contribution in [0.4, 0.5) is 10.5 Å². The Morgan fingerprint density at radius 1 is 1.08 bits per heavy atom. The van der Waals surface area contributed by atoms with Crippen LogP contribution >= 0.6 is 12.2 Å². The minimum absolute atomic E-state index is 0.293. The first-order chi connectivity index (χ1) is 11.6. The van der Waals surface area contributed by atoms with E-state index in [-0.39, 0.29) is 6.03 Å². The molecule has 0 aliphatic carbocycles. The van der Waals surface area contributed by atoms with Crippen molar-refractivity contribution in [2.24, 2.45) is 0 Å². The van der Waals surface area contributed by atoms with E-state index in [1.54, 1.807) is 0 Å². The smallest absolute Gasteiger partial charge is 0.268 e. The number of rotatable bonds is 1. The second kappa shape index (κ2) is 5.02. The van der Waals surface area contributed by atoms with Crippen molar-refractivity contribution >= 4 is 35.0 Å². The van der Waals surface area contributed by atoms with Crippen LogP contribution in [0, 0.1) is 11.3 Å². The lowest BCUT2D eigenvalue weighted by Gasteiger charge is -2.35. The van der Waals surface area contributed by atoms with Gasteiger partial charge in [0.25, 0.3) is 0 Å². The van der Waals surface area contributed by atoms with Crippen LogP contribution in [0.15, 0.2) is 60.3 Å². The summed E-state index contributed by atoms with van der Waals surface area (Å²) in [7, 11) is 0. The molecule has 2 aromatic rings. The number of nitrogens with zero attached hydrogens (tertiary/aromatic N) is 3. The fraction of sp³-hybridized carbons (Fsp3) is 0.105. The summed E-state index contributed by atoms with van der Waals surface area (Å²) in [4.78, 5) is 16.4. The third-order valence-electron chi connectivity index (χ3n) is 4.47. The van der Waals surface area contributed by atoms with Gasteiger partial charge in [0.1, 0.15) is 11.1 Å². The van der Waals surface area contributed by atoms with Gasteiger partial charge in [0.2, 0.25) is 5.54 Å². The van der Waals surface area contributed by atoms with Gasteiger partial charge in [-0.1, -0.05) is 54.7 Å². The van der Waals surface area contributed by atoms with Crippen LogP contribution < -0.4 is 4.90 Å². The van der Waals surface area contributed by atoms with E-state index < -0.39 is 5.54 Å². The van der Waals surface area contributed by atoms with Crippen LogP contribution in [0.2, 0.25) is 0 Å². The quantitative estimate of drug-likeness (QED) is 0.741. The standard InChI is InChI=1S/C19H13N3OS/c1-13-11-14-7-5-6-10-16(14)19(12-20)17(24)21(18(23)22(13)19)15-8-3-2-4-9-15/h2-11H,1H3. The first-order valence-corrected chi connectivity index (χ1v) is 7.95. The molecule has 0 aromatic heterocycles. The number of hydrogen-bond acceptors (Lipinski definition) is 3. The number of hydrogen-bond donors (Lipinski definition) is 0. The molecule has 2 aliphatic rings. The van der Waals surface area contributed by atoms with Gasteiger partial charge in [-0.2, -0.15) is 5.26 Å². The number of allylic oxidation sites excluding steroid dienone is 1. The summed E-state index contributed by atoms with van der Waals surface area (Å²) in [6.45, 7) is 1.83. The number of fused-ring (bicyclic) bond motifs is 3. The van der Waals surface area contributed by atoms with E-state index in [1.807, 2.05) is 67.6 Å². The van der Waals surface area contributed by atoms with E-state index in [9.17, 15) is 10.1 Å². The molecule has 2 amide bonds. The molecule has 0 N–H and O–H groups in total. The zero-order valence-corrected chi connectivity index (χ0v) is 13.7. The Hall–Kier alpha value is -2.97. The molecular weight excluding hydrogens is 318 g/mol. The van der Waals surface area contributed by atoms with Crippen molar-refractivity contribution in [2.45, 2.75) is 12.5 Å². The minimum Gasteiger partial charge on any atom is -0.268 e. The summed E-state index contributed by atoms with van der Waals surface area (Å²) in [6, 6.07) is 18.8. The molecule has 1 unspecified atom stereocenters. The van der Waals surface area contributed by atoms with Crippen LogP contribution in [-0.2, 0) is 5.54 Å². The van der Waals surface area contributed by atoms with Crippen LogP contribution in [0.1, 0.15) is 18.1 Å². The number of amides is 2. The third kappa shape index (κ3) is 1.66. The van der Waals surface area contributed by atoms with Gasteiger partial charge in [0.05, 0.1) is 5.69 Å². The van der Waals surface area contributed by atoms with Crippen molar-refractivity contribution in [2.75, 3.05) is 4.90 Å². The summed E-state index contributed by atoms with van der Waals surface area (Å²) >= 11 is 5.65. The number of carbonyl (C=O) groups is 1. The van der Waals surface area contributed by atoms with E-state index in [0.29, 0.717) is 16.4 Å². The van der Waals surface area contributed by atoms with E-state index in [4.69, 9.17) is 12.2 Å². The fourth-order valence-corrected chi connectivity index (χ4v) is 3.87. The first kappa shape index (κ1) is 14.6. The Balaban J connectivity index is 2.00. The van der Waals surface area contributed by atoms with Crippen molar-refractivity contribution in [1.29, 1.82) is 5.26 Å². The van der Waals surface area contributed by atoms with Crippen molar-refractivity contribution in [3.63, 3.8) is 0 Å². The van der Waals surface area contributed by atoms with Gasteiger partial charge in [-0.15, -0.1) is 0 Å². The molecule has 0 bridgehead atoms. The Bertz CT molecular complexity index is 945. The second-order valence-electron chi connectivity index (χ2n) is 5.79. The fourth-order valence-electron chi connectivity index (χ4n) is 3.44. The Labute approximate surface area is 145 Å². The number of carbonyl (C=O) groups excluding carboxylic acids is 1. The molecule has 24 heavy (non-hydrogen) atoms. The highest BCUT2D eigenvalue weighted by atomic mass is 32.1. The normalized spacial score (nSPS) is 21.9. The van der Waals surface area contributed by atoms with E-state index in [1.165, 1.54) is 9.80 Å². The highest BCUT2D eigenvalue weighted by Gasteiger charge is 2.59. The highest BCUT2D eigenvalue weighted by molar-refractivity contribution is 7.81. The lowest BCUT2D eigenvalue weighted by Crippen LogP contribution is -2.46. The average Bonchev–Trinajstić information content (AvgIpc) is 2.84. The van der Waals surface area contributed by atoms with E-state index in [2.05, 4.69) is 6.07 Å². The average molecular weight is 331 g/mol. The largest absolute Gasteiger partial charge is 0.335 e. The maximum absolute atomic E-state index is 13.1. The molecule has 1 fully saturated rings. The SMILES string of the molecule is CC1=Cc2ccccc2C2(C#N)C(=S)N(c3ccccc3)C(=O)N12. The lowest BCUT2D eigenvalue weighted by atomic mass is 9.83. The summed E-state index contributed by atoms with van der Waals surface area (Å²) in [6.07, 6.45) is 1.92. The summed E-state index contributed by atoms with van der Waals surface area (Å²) in [5, 5.41) is 10.1. The lowest BCUT2D eigenvalue weighted by molar-refractivity contribution is 0.212. The van der Waals surface area contributed by atoms with Gasteiger partial charge in [-0.25, -0.2) is 4.79 Å². The van der Waals surface area contributed by atoms with E-state index in [0.717, 1.165) is 11.1 Å². The molecule has 2 heterocycles. The summed E-state index contributed by atoms with van der Waals surface area (Å²) < 4.78 is 0. The van der Waals surface area contributed by atoms with Gasteiger partial charge in [0, 0.05) is 11.3 Å². The predicted molar refractivity (Wildman–Crippen MR) is 96.1 cm³/mol. The molecule has 2 aromatic carbocycles. The van der Waals surface area contributed by atoms with Crippen molar-refractivity contribution in [3.05, 3.63) is 71.4 Å². The number of benzene rings is 2. The predicted octanol–water partition coefficient (Wildman–Crippen LogP) is 4.05. The number of nitriles is 1. The zero-order valence-electron chi connectivity index (χ0n) is 12.9. The highest BCUT2D eigenvalue weighted by Crippen LogP contribution is 2.46. The van der Waals surface area contributed by atoms with Gasteiger partial charge >= 0.3 is 6.03 Å². The molecule has 0 spiro atoms. The Morgan fingerprint density at radius 3 is 2.46 bits per heavy atom. The molecule has 1 saturated heterocycles. The molecule has 4 nitrogen and oxygen atoms in total. The van der Waals surface area contributed by atoms with Crippen molar-refractivity contribution in [1.82, 2.24) is 4.90 Å². The summed E-state index contributed by atoms with van der Waals surface area (Å²) in [5.41, 5.74) is 1.76. The van der Waals surface area contributed by atoms with Crippen LogP contribution in [-0.4, -0.2) is 15.9 Å². The molecule has 4 rings (SSSR count). The molecule has 0 radical (unpaired) electrons. The molecule has 1 atom stereocenters. The van der Waals surface area contributed by atoms with Gasteiger partial charge in [0.15, 0.2) is 0 Å². The number of urea groups is 1. The Morgan fingerprint density at radius 2 is 1.75 bits per heavy atom. The minimum atomic E-state index is -1.28. The van der Waals surface area contributed by atoms with Crippen molar-refractivity contribution in [3.8, 4) is 6.07 Å². The van der Waals surface area contributed by atoms with Crippen LogP contribution in [0.5, 0.6) is 0 Å². The summed E-state index contributed by atoms with van der Waals surface area (Å²) in [5.74, 6) is 0. The van der Waals surface area contributed by atoms with Crippen molar-refractivity contribution < 1.29 is 4.79 Å². The maximum Gasteiger partial charge on any atom is 0.335 e. The zero-order chi connectivity index (χ0) is 16.9. The van der Waals surface area contributed by atoms with Gasteiger partial charge in [-0.05, 0) is 30.7 Å². The molecule has 116 valence electrons. The molecule has 5 heteroatoms. The van der Waals surface area contributed by atoms with Gasteiger partial charge < -0.3 is 0 Å². The van der Waals surface area contributed by atoms with Gasteiger partial charge in [-0.3, -0.25) is 9.80 Å². The van der Waals surface area contributed by atoms with E-state index >= 15 is 0 Å². The number of anilines is 1. The molecule has 2 aliphatic heterocycles. The molecule has 0 saturated carbocycles. The molecular formula is C19H13N3OS. The van der Waals surface area contributed by atoms with Crippen LogP contribution in [0.25, 0.3) is 6.08 Å². The Kier molecular flexibility index (Phi) is 3.05. The first-order valence-electron chi connectivity index (χ1n) is 7.54.